The Morgan fingerprint density at radius 2 is 2.47 bits per heavy atom. The van der Waals surface area contributed by atoms with Crippen LogP contribution in [0.25, 0.3) is 0 Å². The summed E-state index contributed by atoms with van der Waals surface area (Å²) in [5.74, 6) is 2.37. The van der Waals surface area contributed by atoms with Crippen LogP contribution < -0.4 is 11.1 Å². The quantitative estimate of drug-likeness (QED) is 0.709. The van der Waals surface area contributed by atoms with Gasteiger partial charge in [0.05, 0.1) is 0 Å². The van der Waals surface area contributed by atoms with Crippen LogP contribution in [0.4, 0.5) is 0 Å². The number of nitrogens with zero attached hydrogens (tertiary/aromatic N) is 1. The molecule has 0 spiro atoms. The Balaban J connectivity index is 2.51. The molecule has 0 bridgehead atoms. The molecule has 0 aromatic carbocycles. The van der Waals surface area contributed by atoms with Crippen molar-refractivity contribution in [1.29, 1.82) is 0 Å². The van der Waals surface area contributed by atoms with Gasteiger partial charge in [-0.3, -0.25) is 9.69 Å². The van der Waals surface area contributed by atoms with Crippen LogP contribution in [0, 0.1) is 0 Å². The van der Waals surface area contributed by atoms with Crippen molar-refractivity contribution in [2.75, 3.05) is 31.6 Å². The van der Waals surface area contributed by atoms with Gasteiger partial charge in [0, 0.05) is 50.1 Å². The van der Waals surface area contributed by atoms with E-state index in [4.69, 9.17) is 5.73 Å². The summed E-state index contributed by atoms with van der Waals surface area (Å²) in [5.41, 5.74) is 5.74. The van der Waals surface area contributed by atoms with Crippen molar-refractivity contribution < 1.29 is 4.79 Å². The molecule has 1 aliphatic rings. The lowest BCUT2D eigenvalue weighted by atomic mass is 10.1. The van der Waals surface area contributed by atoms with Gasteiger partial charge in [-0.2, -0.15) is 11.8 Å². The molecule has 1 aliphatic heterocycles. The molecule has 1 amide bonds. The molecule has 2 unspecified atom stereocenters. The van der Waals surface area contributed by atoms with E-state index in [9.17, 15) is 4.79 Å². The second-order valence-corrected chi connectivity index (χ2v) is 5.08. The van der Waals surface area contributed by atoms with Crippen molar-refractivity contribution >= 4 is 17.7 Å². The molecule has 1 fully saturated rings. The van der Waals surface area contributed by atoms with Crippen LogP contribution in [0.5, 0.6) is 0 Å². The number of rotatable bonds is 4. The Morgan fingerprint density at radius 1 is 1.73 bits per heavy atom. The molecule has 2 atom stereocenters. The Bertz CT molecular complexity index is 213. The van der Waals surface area contributed by atoms with Crippen LogP contribution in [0.2, 0.25) is 0 Å². The average molecular weight is 231 g/mol. The van der Waals surface area contributed by atoms with E-state index < -0.39 is 0 Å². The lowest BCUT2D eigenvalue weighted by molar-refractivity contribution is -0.121. The fourth-order valence-electron chi connectivity index (χ4n) is 1.93. The highest BCUT2D eigenvalue weighted by Crippen LogP contribution is 2.19. The molecule has 1 heterocycles. The fourth-order valence-corrected chi connectivity index (χ4v) is 2.97. The fraction of sp³-hybridized carbons (Fsp3) is 0.900. The monoisotopic (exact) mass is 231 g/mol. The molecule has 0 aromatic heterocycles. The molecule has 3 N–H and O–H groups in total. The largest absolute Gasteiger partial charge is 0.359 e. The van der Waals surface area contributed by atoms with E-state index in [1.54, 1.807) is 7.05 Å². The van der Waals surface area contributed by atoms with E-state index in [1.807, 2.05) is 11.8 Å². The predicted octanol–water partition coefficient (Wildman–Crippen LogP) is -0.113. The third kappa shape index (κ3) is 3.66. The molecule has 0 radical (unpaired) electrons. The number of hydrogen-bond acceptors (Lipinski definition) is 4. The van der Waals surface area contributed by atoms with E-state index in [2.05, 4.69) is 17.1 Å². The Hall–Kier alpha value is -0.260. The number of carbonyl (C=O) groups excluding carboxylic acids is 1. The molecular formula is C10H21N3OS. The van der Waals surface area contributed by atoms with Crippen LogP contribution in [-0.2, 0) is 4.79 Å². The Kier molecular flexibility index (Phi) is 5.42. The maximum Gasteiger partial charge on any atom is 0.221 e. The average Bonchev–Trinajstić information content (AvgIpc) is 2.26. The first-order valence-corrected chi connectivity index (χ1v) is 6.58. The van der Waals surface area contributed by atoms with Crippen molar-refractivity contribution in [3.05, 3.63) is 0 Å². The molecule has 0 saturated carbocycles. The SMILES string of the molecule is CNC(=O)CC(CN)N1CCSCC1C. The van der Waals surface area contributed by atoms with Crippen LogP contribution in [-0.4, -0.2) is 54.5 Å². The van der Waals surface area contributed by atoms with Gasteiger partial charge < -0.3 is 11.1 Å². The lowest BCUT2D eigenvalue weighted by Crippen LogP contribution is -2.51. The van der Waals surface area contributed by atoms with Gasteiger partial charge >= 0.3 is 0 Å². The molecule has 1 rings (SSSR count). The number of nitrogens with one attached hydrogen (secondary N) is 1. The van der Waals surface area contributed by atoms with Gasteiger partial charge in [-0.15, -0.1) is 0 Å². The third-order valence-electron chi connectivity index (χ3n) is 2.86. The zero-order valence-electron chi connectivity index (χ0n) is 9.53. The smallest absolute Gasteiger partial charge is 0.221 e. The maximum absolute atomic E-state index is 11.3. The van der Waals surface area contributed by atoms with Gasteiger partial charge in [-0.1, -0.05) is 0 Å². The van der Waals surface area contributed by atoms with Crippen molar-refractivity contribution in [2.45, 2.75) is 25.4 Å². The highest BCUT2D eigenvalue weighted by molar-refractivity contribution is 7.99. The van der Waals surface area contributed by atoms with Crippen LogP contribution >= 0.6 is 11.8 Å². The summed E-state index contributed by atoms with van der Waals surface area (Å²) in [6.07, 6.45) is 0.516. The van der Waals surface area contributed by atoms with E-state index in [-0.39, 0.29) is 11.9 Å². The van der Waals surface area contributed by atoms with Gasteiger partial charge in [-0.25, -0.2) is 0 Å². The third-order valence-corrected chi connectivity index (χ3v) is 4.05. The van der Waals surface area contributed by atoms with E-state index in [0.717, 1.165) is 18.1 Å². The normalized spacial score (nSPS) is 24.9. The summed E-state index contributed by atoms with van der Waals surface area (Å²) in [7, 11) is 1.67. The molecule has 1 saturated heterocycles. The van der Waals surface area contributed by atoms with Gasteiger partial charge in [-0.05, 0) is 6.92 Å². The minimum Gasteiger partial charge on any atom is -0.359 e. The van der Waals surface area contributed by atoms with Crippen LogP contribution in [0.3, 0.4) is 0 Å². The van der Waals surface area contributed by atoms with Crippen molar-refractivity contribution in [2.24, 2.45) is 5.73 Å². The second-order valence-electron chi connectivity index (χ2n) is 3.93. The summed E-state index contributed by atoms with van der Waals surface area (Å²) in [4.78, 5) is 13.7. The highest BCUT2D eigenvalue weighted by Gasteiger charge is 2.26. The van der Waals surface area contributed by atoms with Gasteiger partial charge in [0.25, 0.3) is 0 Å². The summed E-state index contributed by atoms with van der Waals surface area (Å²) in [6, 6.07) is 0.725. The second kappa shape index (κ2) is 6.35. The first kappa shape index (κ1) is 12.8. The van der Waals surface area contributed by atoms with E-state index in [1.165, 1.54) is 0 Å². The number of nitrogens with two attached hydrogens (primary N) is 1. The summed E-state index contributed by atoms with van der Waals surface area (Å²) >= 11 is 1.98. The molecule has 0 aliphatic carbocycles. The molecule has 5 heteroatoms. The van der Waals surface area contributed by atoms with E-state index >= 15 is 0 Å². The van der Waals surface area contributed by atoms with Crippen LogP contribution in [0.15, 0.2) is 0 Å². The maximum atomic E-state index is 11.3. The van der Waals surface area contributed by atoms with Crippen molar-refractivity contribution in [3.63, 3.8) is 0 Å². The zero-order valence-corrected chi connectivity index (χ0v) is 10.3. The standard InChI is InChI=1S/C10H21N3OS/c1-8-7-15-4-3-13(8)9(6-11)5-10(14)12-2/h8-9H,3-7,11H2,1-2H3,(H,12,14). The zero-order chi connectivity index (χ0) is 11.3. The number of thioether (sulfide) groups is 1. The van der Waals surface area contributed by atoms with Crippen LogP contribution in [0.1, 0.15) is 13.3 Å². The first-order valence-electron chi connectivity index (χ1n) is 5.43. The minimum absolute atomic E-state index is 0.0795. The van der Waals surface area contributed by atoms with Crippen molar-refractivity contribution in [1.82, 2.24) is 10.2 Å². The number of amides is 1. The summed E-state index contributed by atoms with van der Waals surface area (Å²) in [5, 5.41) is 2.66. The molecular weight excluding hydrogens is 210 g/mol. The molecule has 4 nitrogen and oxygen atoms in total. The molecule has 88 valence electrons. The summed E-state index contributed by atoms with van der Waals surface area (Å²) in [6.45, 7) is 3.81. The Morgan fingerprint density at radius 3 is 3.00 bits per heavy atom. The predicted molar refractivity (Wildman–Crippen MR) is 65.0 cm³/mol. The summed E-state index contributed by atoms with van der Waals surface area (Å²) < 4.78 is 0. The highest BCUT2D eigenvalue weighted by atomic mass is 32.2. The van der Waals surface area contributed by atoms with Gasteiger partial charge in [0.15, 0.2) is 0 Å². The lowest BCUT2D eigenvalue weighted by Gasteiger charge is -2.38. The van der Waals surface area contributed by atoms with Gasteiger partial charge in [0.1, 0.15) is 0 Å². The topological polar surface area (TPSA) is 58.4 Å². The molecule has 0 aromatic rings. The van der Waals surface area contributed by atoms with Crippen molar-refractivity contribution in [3.8, 4) is 0 Å². The molecule has 15 heavy (non-hydrogen) atoms. The first-order chi connectivity index (χ1) is 7.19. The van der Waals surface area contributed by atoms with Gasteiger partial charge in [0.2, 0.25) is 5.91 Å². The Labute approximate surface area is 96.0 Å². The van der Waals surface area contributed by atoms with E-state index in [0.29, 0.717) is 19.0 Å². The minimum atomic E-state index is 0.0795. The number of carbonyl (C=O) groups is 1. The number of hydrogen-bond donors (Lipinski definition) is 2.